The van der Waals surface area contributed by atoms with Crippen molar-refractivity contribution in [3.63, 3.8) is 0 Å². The van der Waals surface area contributed by atoms with Gasteiger partial charge in [-0.1, -0.05) is 0 Å². The third-order valence-corrected chi connectivity index (χ3v) is 3.36. The van der Waals surface area contributed by atoms with Gasteiger partial charge in [-0.25, -0.2) is 13.2 Å². The van der Waals surface area contributed by atoms with E-state index in [9.17, 15) is 18.0 Å². The van der Waals surface area contributed by atoms with E-state index in [1.807, 2.05) is 0 Å². The lowest BCUT2D eigenvalue weighted by molar-refractivity contribution is -0.235. The summed E-state index contributed by atoms with van der Waals surface area (Å²) >= 11 is 0. The molecule has 0 aromatic rings. The van der Waals surface area contributed by atoms with Crippen LogP contribution < -0.4 is 0 Å². The van der Waals surface area contributed by atoms with Gasteiger partial charge in [-0.3, -0.25) is 4.79 Å². The number of likely N-dealkylation sites (tertiary alicyclic amines) is 1. The summed E-state index contributed by atoms with van der Waals surface area (Å²) in [6.07, 6.45) is -0.856. The summed E-state index contributed by atoms with van der Waals surface area (Å²) in [6, 6.07) is 0. The summed E-state index contributed by atoms with van der Waals surface area (Å²) in [6.45, 7) is 0.316. The number of carbonyl (C=O) groups excluding carboxylic acids is 1. The van der Waals surface area contributed by atoms with Crippen LogP contribution in [0, 0.1) is 5.41 Å². The third-order valence-electron chi connectivity index (χ3n) is 3.36. The Morgan fingerprint density at radius 1 is 1.50 bits per heavy atom. The van der Waals surface area contributed by atoms with Gasteiger partial charge in [-0.05, 0) is 6.42 Å². The summed E-state index contributed by atoms with van der Waals surface area (Å²) in [5, 5.41) is 0. The Bertz CT molecular complexity index is 299. The van der Waals surface area contributed by atoms with Crippen LogP contribution in [0.3, 0.4) is 0 Å². The summed E-state index contributed by atoms with van der Waals surface area (Å²) in [5.41, 5.74) is -1.77. The summed E-state index contributed by atoms with van der Waals surface area (Å²) in [7, 11) is 0. The van der Waals surface area contributed by atoms with Crippen LogP contribution in [0.5, 0.6) is 0 Å². The molecule has 1 atom stereocenters. The van der Waals surface area contributed by atoms with Gasteiger partial charge in [0.25, 0.3) is 5.92 Å². The second-order valence-corrected chi connectivity index (χ2v) is 4.60. The summed E-state index contributed by atoms with van der Waals surface area (Å²) in [5.74, 6) is -3.80. The molecule has 2 saturated heterocycles. The highest BCUT2D eigenvalue weighted by Crippen LogP contribution is 2.44. The van der Waals surface area contributed by atoms with E-state index < -0.39 is 23.4 Å². The molecule has 0 spiro atoms. The second-order valence-electron chi connectivity index (χ2n) is 4.60. The lowest BCUT2D eigenvalue weighted by atomic mass is 9.78. The van der Waals surface area contributed by atoms with Gasteiger partial charge < -0.3 is 9.64 Å². The number of rotatable bonds is 2. The molecule has 16 heavy (non-hydrogen) atoms. The molecule has 0 saturated carbocycles. The van der Waals surface area contributed by atoms with Crippen molar-refractivity contribution in [3.05, 3.63) is 0 Å². The zero-order valence-corrected chi connectivity index (χ0v) is 9.01. The number of alkyl halides is 3. The van der Waals surface area contributed by atoms with Gasteiger partial charge >= 0.3 is 0 Å². The van der Waals surface area contributed by atoms with Crippen molar-refractivity contribution in [2.75, 3.05) is 26.3 Å². The van der Waals surface area contributed by atoms with Crippen LogP contribution >= 0.6 is 0 Å². The number of amides is 1. The average Bonchev–Trinajstić information content (AvgIpc) is 2.46. The molecule has 2 heterocycles. The summed E-state index contributed by atoms with van der Waals surface area (Å²) in [4.78, 5) is 13.1. The monoisotopic (exact) mass is 237 g/mol. The Kier molecular flexibility index (Phi) is 2.64. The van der Waals surface area contributed by atoms with Crippen molar-refractivity contribution in [2.45, 2.75) is 25.4 Å². The first-order valence-corrected chi connectivity index (χ1v) is 5.26. The van der Waals surface area contributed by atoms with Crippen LogP contribution in [-0.4, -0.2) is 49.2 Å². The molecule has 2 aliphatic rings. The third kappa shape index (κ3) is 1.59. The lowest BCUT2D eigenvalue weighted by Gasteiger charge is -2.45. The highest BCUT2D eigenvalue weighted by Gasteiger charge is 2.62. The second kappa shape index (κ2) is 3.61. The quantitative estimate of drug-likeness (QED) is 0.723. The van der Waals surface area contributed by atoms with E-state index in [-0.39, 0.29) is 32.7 Å². The molecular formula is C10H14F3NO2. The molecule has 0 bridgehead atoms. The van der Waals surface area contributed by atoms with Crippen molar-refractivity contribution in [1.82, 2.24) is 4.90 Å². The maximum absolute atomic E-state index is 13.4. The van der Waals surface area contributed by atoms with Gasteiger partial charge in [0.2, 0.25) is 5.91 Å². The van der Waals surface area contributed by atoms with Crippen LogP contribution in [0.25, 0.3) is 0 Å². The molecule has 0 aliphatic carbocycles. The fourth-order valence-corrected chi connectivity index (χ4v) is 2.08. The van der Waals surface area contributed by atoms with Crippen LogP contribution in [0.15, 0.2) is 0 Å². The molecule has 1 unspecified atom stereocenters. The predicted molar refractivity (Wildman–Crippen MR) is 50.0 cm³/mol. The van der Waals surface area contributed by atoms with Crippen molar-refractivity contribution in [3.8, 4) is 0 Å². The number of halogens is 3. The molecule has 92 valence electrons. The Morgan fingerprint density at radius 3 is 2.44 bits per heavy atom. The molecule has 2 rings (SSSR count). The van der Waals surface area contributed by atoms with Crippen molar-refractivity contribution >= 4 is 5.91 Å². The normalized spacial score (nSPS) is 29.0. The molecular weight excluding hydrogens is 223 g/mol. The van der Waals surface area contributed by atoms with Crippen molar-refractivity contribution in [2.24, 2.45) is 5.41 Å². The SMILES string of the molecule is CC(F)(F)C1(C(=O)N2CCC(F)C2)COC1. The average molecular weight is 237 g/mol. The highest BCUT2D eigenvalue weighted by atomic mass is 19.3. The molecule has 3 nitrogen and oxygen atoms in total. The maximum atomic E-state index is 13.4. The largest absolute Gasteiger partial charge is 0.379 e. The van der Waals surface area contributed by atoms with Crippen LogP contribution in [0.1, 0.15) is 13.3 Å². The number of hydrogen-bond acceptors (Lipinski definition) is 2. The van der Waals surface area contributed by atoms with E-state index in [1.165, 1.54) is 4.90 Å². The Labute approximate surface area is 91.5 Å². The molecule has 0 aromatic heterocycles. The zero-order chi connectivity index (χ0) is 12.0. The standard InChI is InChI=1S/C10H14F3NO2/c1-9(12,13)10(5-16-6-10)8(15)14-3-2-7(11)4-14/h7H,2-6H2,1H3. The topological polar surface area (TPSA) is 29.5 Å². The highest BCUT2D eigenvalue weighted by molar-refractivity contribution is 5.85. The van der Waals surface area contributed by atoms with Gasteiger partial charge in [0.15, 0.2) is 5.41 Å². The molecule has 1 amide bonds. The minimum Gasteiger partial charge on any atom is -0.379 e. The van der Waals surface area contributed by atoms with Gasteiger partial charge in [0, 0.05) is 13.5 Å². The lowest BCUT2D eigenvalue weighted by Crippen LogP contribution is -2.63. The van der Waals surface area contributed by atoms with E-state index in [2.05, 4.69) is 0 Å². The first-order valence-electron chi connectivity index (χ1n) is 5.26. The van der Waals surface area contributed by atoms with Crippen LogP contribution in [0.2, 0.25) is 0 Å². The molecule has 6 heteroatoms. The first kappa shape index (κ1) is 11.7. The van der Waals surface area contributed by atoms with E-state index in [1.54, 1.807) is 0 Å². The first-order chi connectivity index (χ1) is 7.37. The predicted octanol–water partition coefficient (Wildman–Crippen LogP) is 1.23. The van der Waals surface area contributed by atoms with E-state index in [0.717, 1.165) is 6.92 Å². The Balaban J connectivity index is 2.13. The number of hydrogen-bond donors (Lipinski definition) is 0. The van der Waals surface area contributed by atoms with Crippen LogP contribution in [-0.2, 0) is 9.53 Å². The maximum Gasteiger partial charge on any atom is 0.264 e. The van der Waals surface area contributed by atoms with Gasteiger partial charge in [0.05, 0.1) is 19.8 Å². The zero-order valence-electron chi connectivity index (χ0n) is 9.01. The van der Waals surface area contributed by atoms with E-state index in [4.69, 9.17) is 4.74 Å². The number of nitrogens with zero attached hydrogens (tertiary/aromatic N) is 1. The molecule has 2 fully saturated rings. The van der Waals surface area contributed by atoms with Gasteiger partial charge in [0.1, 0.15) is 6.17 Å². The molecule has 0 N–H and O–H groups in total. The van der Waals surface area contributed by atoms with Gasteiger partial charge in [-0.2, -0.15) is 0 Å². The van der Waals surface area contributed by atoms with Crippen LogP contribution in [0.4, 0.5) is 13.2 Å². The minimum atomic E-state index is -3.13. The van der Waals surface area contributed by atoms with Gasteiger partial charge in [-0.15, -0.1) is 0 Å². The molecule has 2 aliphatic heterocycles. The number of carbonyl (C=O) groups is 1. The smallest absolute Gasteiger partial charge is 0.264 e. The Hall–Kier alpha value is -0.780. The fourth-order valence-electron chi connectivity index (χ4n) is 2.08. The fraction of sp³-hybridized carbons (Fsp3) is 0.900. The van der Waals surface area contributed by atoms with Crippen molar-refractivity contribution in [1.29, 1.82) is 0 Å². The Morgan fingerprint density at radius 2 is 2.12 bits per heavy atom. The van der Waals surface area contributed by atoms with Crippen molar-refractivity contribution < 1.29 is 22.7 Å². The molecule has 0 radical (unpaired) electrons. The minimum absolute atomic E-state index is 0.0728. The number of ether oxygens (including phenoxy) is 1. The van der Waals surface area contributed by atoms with E-state index in [0.29, 0.717) is 0 Å². The summed E-state index contributed by atoms with van der Waals surface area (Å²) < 4.78 is 44.5. The van der Waals surface area contributed by atoms with E-state index >= 15 is 0 Å². The molecule has 0 aromatic carbocycles.